The van der Waals surface area contributed by atoms with Crippen molar-refractivity contribution in [1.82, 2.24) is 0 Å². The minimum absolute atomic E-state index is 0.308. The number of hydrogen-bond donors (Lipinski definition) is 2. The summed E-state index contributed by atoms with van der Waals surface area (Å²) in [5, 5.41) is 8.98. The Kier molecular flexibility index (Phi) is 1.46. The minimum atomic E-state index is 0.308. The Labute approximate surface area is 61.4 Å². The molecule has 0 amide bonds. The Bertz CT molecular complexity index is 135. The highest BCUT2D eigenvalue weighted by Gasteiger charge is 2.44. The van der Waals surface area contributed by atoms with Gasteiger partial charge in [0.25, 0.3) is 0 Å². The Morgan fingerprint density at radius 2 is 2.00 bits per heavy atom. The van der Waals surface area contributed by atoms with Crippen LogP contribution in [0.3, 0.4) is 0 Å². The van der Waals surface area contributed by atoms with Gasteiger partial charge in [0.05, 0.1) is 0 Å². The van der Waals surface area contributed by atoms with E-state index in [0.29, 0.717) is 18.6 Å². The second kappa shape index (κ2) is 2.21. The third-order valence-corrected chi connectivity index (χ3v) is 3.37. The van der Waals surface area contributed by atoms with Crippen molar-refractivity contribution in [3.05, 3.63) is 0 Å². The van der Waals surface area contributed by atoms with E-state index in [9.17, 15) is 0 Å². The van der Waals surface area contributed by atoms with E-state index < -0.39 is 0 Å². The van der Waals surface area contributed by atoms with Crippen LogP contribution in [-0.4, -0.2) is 17.8 Å². The summed E-state index contributed by atoms with van der Waals surface area (Å²) in [4.78, 5) is 0. The number of fused-ring (bicyclic) bond motifs is 2. The van der Waals surface area contributed by atoms with Gasteiger partial charge in [0, 0.05) is 18.6 Å². The van der Waals surface area contributed by atoms with E-state index in [4.69, 9.17) is 10.8 Å². The average Bonchev–Trinajstić information content (AvgIpc) is 2.46. The van der Waals surface area contributed by atoms with Crippen LogP contribution in [0.15, 0.2) is 0 Å². The summed E-state index contributed by atoms with van der Waals surface area (Å²) in [6.45, 7) is 0.308. The Balaban J connectivity index is 2.10. The van der Waals surface area contributed by atoms with Crippen LogP contribution in [-0.2, 0) is 0 Å². The SMILES string of the molecule is N[C@H]1[C@H]2CC[C@H](C2)[C@@H]1CO. The van der Waals surface area contributed by atoms with Crippen LogP contribution < -0.4 is 5.73 Å². The highest BCUT2D eigenvalue weighted by molar-refractivity contribution is 4.98. The third-order valence-electron chi connectivity index (χ3n) is 3.37. The van der Waals surface area contributed by atoms with E-state index in [1.807, 2.05) is 0 Å². The third kappa shape index (κ3) is 0.722. The highest BCUT2D eigenvalue weighted by Crippen LogP contribution is 2.47. The first-order valence-corrected chi connectivity index (χ1v) is 4.19. The van der Waals surface area contributed by atoms with Crippen molar-refractivity contribution >= 4 is 0 Å². The second-order valence-electron chi connectivity index (χ2n) is 3.76. The van der Waals surface area contributed by atoms with Gasteiger partial charge >= 0.3 is 0 Å². The molecule has 2 aliphatic carbocycles. The second-order valence-corrected chi connectivity index (χ2v) is 3.76. The van der Waals surface area contributed by atoms with Gasteiger partial charge in [0.1, 0.15) is 0 Å². The predicted octanol–water partition coefficient (Wildman–Crippen LogP) is 0.352. The fourth-order valence-corrected chi connectivity index (χ4v) is 2.73. The number of aliphatic hydroxyl groups excluding tert-OH is 1. The van der Waals surface area contributed by atoms with Gasteiger partial charge < -0.3 is 10.8 Å². The predicted molar refractivity (Wildman–Crippen MR) is 39.4 cm³/mol. The molecule has 2 aliphatic rings. The molecule has 2 nitrogen and oxygen atoms in total. The van der Waals surface area contributed by atoms with Gasteiger partial charge in [-0.05, 0) is 31.1 Å². The van der Waals surface area contributed by atoms with E-state index in [1.54, 1.807) is 0 Å². The van der Waals surface area contributed by atoms with E-state index in [0.717, 1.165) is 11.8 Å². The van der Waals surface area contributed by atoms with Crippen molar-refractivity contribution in [2.45, 2.75) is 25.3 Å². The van der Waals surface area contributed by atoms with E-state index >= 15 is 0 Å². The molecule has 58 valence electrons. The molecule has 0 spiro atoms. The molecule has 3 N–H and O–H groups in total. The molecule has 0 unspecified atom stereocenters. The molecule has 2 heteroatoms. The highest BCUT2D eigenvalue weighted by atomic mass is 16.3. The molecule has 0 aromatic rings. The smallest absolute Gasteiger partial charge is 0.0476 e. The van der Waals surface area contributed by atoms with Crippen molar-refractivity contribution in [1.29, 1.82) is 0 Å². The summed E-state index contributed by atoms with van der Waals surface area (Å²) in [7, 11) is 0. The summed E-state index contributed by atoms with van der Waals surface area (Å²) in [5.41, 5.74) is 5.91. The summed E-state index contributed by atoms with van der Waals surface area (Å²) < 4.78 is 0. The maximum atomic E-state index is 8.98. The lowest BCUT2D eigenvalue weighted by atomic mass is 9.86. The summed E-state index contributed by atoms with van der Waals surface area (Å²) in [6, 6.07) is 0.309. The van der Waals surface area contributed by atoms with Gasteiger partial charge in [0.2, 0.25) is 0 Å². The quantitative estimate of drug-likeness (QED) is 0.553. The molecule has 0 radical (unpaired) electrons. The average molecular weight is 141 g/mol. The zero-order valence-corrected chi connectivity index (χ0v) is 6.16. The molecule has 0 saturated heterocycles. The zero-order chi connectivity index (χ0) is 7.14. The van der Waals surface area contributed by atoms with Crippen LogP contribution in [0.2, 0.25) is 0 Å². The maximum Gasteiger partial charge on any atom is 0.0476 e. The normalized spacial score (nSPS) is 52.2. The van der Waals surface area contributed by atoms with Crippen molar-refractivity contribution in [3.63, 3.8) is 0 Å². The summed E-state index contributed by atoms with van der Waals surface area (Å²) >= 11 is 0. The number of hydrogen-bond acceptors (Lipinski definition) is 2. The fraction of sp³-hybridized carbons (Fsp3) is 1.00. The van der Waals surface area contributed by atoms with Crippen molar-refractivity contribution in [2.75, 3.05) is 6.61 Å². The maximum absolute atomic E-state index is 8.98. The molecule has 0 aromatic carbocycles. The molecule has 0 heterocycles. The van der Waals surface area contributed by atoms with E-state index in [1.165, 1.54) is 19.3 Å². The Morgan fingerprint density at radius 3 is 2.40 bits per heavy atom. The molecule has 10 heavy (non-hydrogen) atoms. The van der Waals surface area contributed by atoms with Crippen LogP contribution in [0, 0.1) is 17.8 Å². The van der Waals surface area contributed by atoms with Gasteiger partial charge in [-0.2, -0.15) is 0 Å². The molecular formula is C8H15NO. The molecular weight excluding hydrogens is 126 g/mol. The summed E-state index contributed by atoms with van der Waals surface area (Å²) in [6.07, 6.45) is 3.90. The van der Waals surface area contributed by atoms with E-state index in [2.05, 4.69) is 0 Å². The van der Waals surface area contributed by atoms with Crippen LogP contribution in [0.25, 0.3) is 0 Å². The molecule has 2 fully saturated rings. The topological polar surface area (TPSA) is 46.2 Å². The molecule has 2 bridgehead atoms. The van der Waals surface area contributed by atoms with Crippen LogP contribution >= 0.6 is 0 Å². The summed E-state index contributed by atoms with van der Waals surface area (Å²) in [5.74, 6) is 1.92. The Morgan fingerprint density at radius 1 is 1.30 bits per heavy atom. The van der Waals surface area contributed by atoms with Crippen LogP contribution in [0.1, 0.15) is 19.3 Å². The first-order chi connectivity index (χ1) is 4.83. The van der Waals surface area contributed by atoms with Crippen molar-refractivity contribution in [3.8, 4) is 0 Å². The molecule has 0 aromatic heterocycles. The monoisotopic (exact) mass is 141 g/mol. The largest absolute Gasteiger partial charge is 0.396 e. The Hall–Kier alpha value is -0.0800. The number of aliphatic hydroxyl groups is 1. The van der Waals surface area contributed by atoms with Gasteiger partial charge in [-0.3, -0.25) is 0 Å². The van der Waals surface area contributed by atoms with Gasteiger partial charge in [0.15, 0.2) is 0 Å². The van der Waals surface area contributed by atoms with Crippen LogP contribution in [0.4, 0.5) is 0 Å². The standard InChI is InChI=1S/C8H15NO/c9-8-6-2-1-5(3-6)7(8)4-10/h5-8,10H,1-4,9H2/t5-,6+,7+,8+/m1/s1. The lowest BCUT2D eigenvalue weighted by Gasteiger charge is -2.25. The fourth-order valence-electron chi connectivity index (χ4n) is 2.73. The molecule has 4 atom stereocenters. The number of nitrogens with two attached hydrogens (primary N) is 1. The molecule has 2 saturated carbocycles. The van der Waals surface area contributed by atoms with Crippen molar-refractivity contribution in [2.24, 2.45) is 23.5 Å². The van der Waals surface area contributed by atoms with Crippen LogP contribution in [0.5, 0.6) is 0 Å². The first-order valence-electron chi connectivity index (χ1n) is 4.19. The molecule has 2 rings (SSSR count). The zero-order valence-electron chi connectivity index (χ0n) is 6.16. The van der Waals surface area contributed by atoms with Crippen molar-refractivity contribution < 1.29 is 5.11 Å². The van der Waals surface area contributed by atoms with Gasteiger partial charge in [-0.15, -0.1) is 0 Å². The number of rotatable bonds is 1. The lowest BCUT2D eigenvalue weighted by molar-refractivity contribution is 0.159. The lowest BCUT2D eigenvalue weighted by Crippen LogP contribution is -2.37. The van der Waals surface area contributed by atoms with Gasteiger partial charge in [-0.25, -0.2) is 0 Å². The minimum Gasteiger partial charge on any atom is -0.396 e. The van der Waals surface area contributed by atoms with E-state index in [-0.39, 0.29) is 0 Å². The molecule has 0 aliphatic heterocycles. The first kappa shape index (κ1) is 6.62. The van der Waals surface area contributed by atoms with Gasteiger partial charge in [-0.1, -0.05) is 0 Å².